The molecule has 1 aromatic heterocycles. The number of nitrogens with zero attached hydrogens (tertiary/aromatic N) is 1. The van der Waals surface area contributed by atoms with Crippen LogP contribution in [0.15, 0.2) is 22.7 Å². The molecule has 5 nitrogen and oxygen atoms in total. The molecular formula is C13H13BrN2O3. The highest BCUT2D eigenvalue weighted by atomic mass is 79.9. The van der Waals surface area contributed by atoms with E-state index in [1.165, 1.54) is 6.07 Å². The second-order valence-corrected chi connectivity index (χ2v) is 4.89. The Kier molecular flexibility index (Phi) is 3.90. The van der Waals surface area contributed by atoms with Crippen LogP contribution >= 0.6 is 15.9 Å². The lowest BCUT2D eigenvalue weighted by molar-refractivity contribution is 0.0690. The number of nitrogens with one attached hydrogen (secondary N) is 1. The van der Waals surface area contributed by atoms with Gasteiger partial charge in [-0.1, -0.05) is 22.9 Å². The third-order valence-corrected chi connectivity index (χ3v) is 3.26. The third kappa shape index (κ3) is 2.63. The van der Waals surface area contributed by atoms with E-state index in [9.17, 15) is 4.79 Å². The Morgan fingerprint density at radius 3 is 2.74 bits per heavy atom. The van der Waals surface area contributed by atoms with Gasteiger partial charge in [-0.3, -0.25) is 5.10 Å². The van der Waals surface area contributed by atoms with Crippen LogP contribution in [0.5, 0.6) is 5.75 Å². The topological polar surface area (TPSA) is 75.2 Å². The highest BCUT2D eigenvalue weighted by Crippen LogP contribution is 2.35. The number of carboxylic acids is 1. The molecule has 0 spiro atoms. The molecule has 19 heavy (non-hydrogen) atoms. The molecule has 2 aromatic rings. The van der Waals surface area contributed by atoms with Gasteiger partial charge in [0.2, 0.25) is 0 Å². The van der Waals surface area contributed by atoms with Gasteiger partial charge in [0, 0.05) is 10.0 Å². The number of carbonyl (C=O) groups is 1. The van der Waals surface area contributed by atoms with Crippen molar-refractivity contribution in [1.29, 1.82) is 0 Å². The van der Waals surface area contributed by atoms with Gasteiger partial charge < -0.3 is 9.84 Å². The molecule has 100 valence electrons. The van der Waals surface area contributed by atoms with Gasteiger partial charge >= 0.3 is 5.97 Å². The number of aryl methyl sites for hydroxylation is 1. The fourth-order valence-electron chi connectivity index (χ4n) is 1.91. The zero-order chi connectivity index (χ0) is 14.0. The van der Waals surface area contributed by atoms with Gasteiger partial charge in [0.1, 0.15) is 11.4 Å². The van der Waals surface area contributed by atoms with E-state index in [0.717, 1.165) is 22.0 Å². The summed E-state index contributed by atoms with van der Waals surface area (Å²) in [5.74, 6) is -0.322. The lowest BCUT2D eigenvalue weighted by atomic mass is 10.0. The average molecular weight is 325 g/mol. The van der Waals surface area contributed by atoms with Gasteiger partial charge in [-0.2, -0.15) is 5.10 Å². The molecule has 0 radical (unpaired) electrons. The van der Waals surface area contributed by atoms with Gasteiger partial charge in [0.25, 0.3) is 0 Å². The van der Waals surface area contributed by atoms with E-state index in [0.29, 0.717) is 11.4 Å². The summed E-state index contributed by atoms with van der Waals surface area (Å²) in [6.07, 6.45) is 0.811. The number of hydrogen-bond donors (Lipinski definition) is 2. The molecule has 0 saturated carbocycles. The summed E-state index contributed by atoms with van der Waals surface area (Å²) in [6.45, 7) is 2.03. The minimum absolute atomic E-state index is 0.0510. The van der Waals surface area contributed by atoms with Gasteiger partial charge in [-0.05, 0) is 30.2 Å². The highest BCUT2D eigenvalue weighted by molar-refractivity contribution is 9.10. The number of ether oxygens (including phenoxy) is 1. The molecule has 0 amide bonds. The fourth-order valence-corrected chi connectivity index (χ4v) is 2.42. The summed E-state index contributed by atoms with van der Waals surface area (Å²) in [4.78, 5) is 10.9. The SMILES string of the molecule is CCc1cc(Br)cc(-c2cc(C(=O)O)[nH]n2)c1OC. The number of aromatic amines is 1. The predicted molar refractivity (Wildman–Crippen MR) is 74.6 cm³/mol. The molecule has 0 aliphatic carbocycles. The molecule has 1 aromatic carbocycles. The van der Waals surface area contributed by atoms with Crippen molar-refractivity contribution in [2.75, 3.05) is 7.11 Å². The number of rotatable bonds is 4. The van der Waals surface area contributed by atoms with E-state index < -0.39 is 5.97 Å². The molecule has 0 aliphatic rings. The van der Waals surface area contributed by atoms with Crippen LogP contribution in [0.2, 0.25) is 0 Å². The van der Waals surface area contributed by atoms with E-state index in [1.54, 1.807) is 7.11 Å². The minimum Gasteiger partial charge on any atom is -0.496 e. The molecule has 0 bridgehead atoms. The predicted octanol–water partition coefficient (Wildman–Crippen LogP) is 3.11. The molecule has 2 N–H and O–H groups in total. The lowest BCUT2D eigenvalue weighted by Gasteiger charge is -2.12. The maximum absolute atomic E-state index is 10.9. The summed E-state index contributed by atoms with van der Waals surface area (Å²) < 4.78 is 6.33. The first-order valence-corrected chi connectivity index (χ1v) is 6.51. The van der Waals surface area contributed by atoms with Crippen molar-refractivity contribution in [2.24, 2.45) is 0 Å². The van der Waals surface area contributed by atoms with Crippen LogP contribution in [0.1, 0.15) is 23.0 Å². The van der Waals surface area contributed by atoms with Crippen molar-refractivity contribution >= 4 is 21.9 Å². The van der Waals surface area contributed by atoms with E-state index in [-0.39, 0.29) is 5.69 Å². The van der Waals surface area contributed by atoms with Crippen LogP contribution < -0.4 is 4.74 Å². The zero-order valence-corrected chi connectivity index (χ0v) is 12.1. The Hall–Kier alpha value is -1.82. The molecule has 6 heteroatoms. The molecule has 0 fully saturated rings. The lowest BCUT2D eigenvalue weighted by Crippen LogP contribution is -1.95. The van der Waals surface area contributed by atoms with Crippen LogP contribution in [0, 0.1) is 0 Å². The van der Waals surface area contributed by atoms with Gasteiger partial charge in [-0.25, -0.2) is 4.79 Å². The smallest absolute Gasteiger partial charge is 0.353 e. The van der Waals surface area contributed by atoms with Gasteiger partial charge in [0.05, 0.1) is 12.8 Å². The normalized spacial score (nSPS) is 10.5. The summed E-state index contributed by atoms with van der Waals surface area (Å²) in [5.41, 5.74) is 2.39. The first-order valence-electron chi connectivity index (χ1n) is 5.72. The maximum atomic E-state index is 10.9. The van der Waals surface area contributed by atoms with Crippen molar-refractivity contribution in [3.05, 3.63) is 33.9 Å². The number of hydrogen-bond acceptors (Lipinski definition) is 3. The van der Waals surface area contributed by atoms with E-state index >= 15 is 0 Å². The first-order chi connectivity index (χ1) is 9.06. The maximum Gasteiger partial charge on any atom is 0.353 e. The minimum atomic E-state index is -1.04. The number of carboxylic acid groups (broad SMARTS) is 1. The largest absolute Gasteiger partial charge is 0.496 e. The number of methoxy groups -OCH3 is 1. The summed E-state index contributed by atoms with van der Waals surface area (Å²) in [6, 6.07) is 5.33. The number of aromatic nitrogens is 2. The average Bonchev–Trinajstić information content (AvgIpc) is 2.87. The number of aromatic carboxylic acids is 1. The molecule has 0 aliphatic heterocycles. The molecule has 1 heterocycles. The van der Waals surface area contributed by atoms with Crippen molar-refractivity contribution in [3.8, 4) is 17.0 Å². The van der Waals surface area contributed by atoms with E-state index in [2.05, 4.69) is 26.1 Å². The summed E-state index contributed by atoms with van der Waals surface area (Å²) >= 11 is 3.44. The van der Waals surface area contributed by atoms with Crippen LogP contribution in [0.25, 0.3) is 11.3 Å². The zero-order valence-electron chi connectivity index (χ0n) is 10.5. The molecule has 0 atom stereocenters. The van der Waals surface area contributed by atoms with Crippen LogP contribution in [0.3, 0.4) is 0 Å². The van der Waals surface area contributed by atoms with Crippen molar-refractivity contribution in [1.82, 2.24) is 10.2 Å². The van der Waals surface area contributed by atoms with Crippen molar-refractivity contribution < 1.29 is 14.6 Å². The fraction of sp³-hybridized carbons (Fsp3) is 0.231. The number of benzene rings is 1. The van der Waals surface area contributed by atoms with Crippen LogP contribution in [-0.4, -0.2) is 28.4 Å². The summed E-state index contributed by atoms with van der Waals surface area (Å²) in [5, 5.41) is 15.4. The van der Waals surface area contributed by atoms with Crippen molar-refractivity contribution in [2.45, 2.75) is 13.3 Å². The Morgan fingerprint density at radius 1 is 1.47 bits per heavy atom. The third-order valence-electron chi connectivity index (χ3n) is 2.80. The highest BCUT2D eigenvalue weighted by Gasteiger charge is 2.16. The summed E-state index contributed by atoms with van der Waals surface area (Å²) in [7, 11) is 1.59. The Bertz CT molecular complexity index is 622. The van der Waals surface area contributed by atoms with Crippen molar-refractivity contribution in [3.63, 3.8) is 0 Å². The Balaban J connectivity index is 2.59. The molecule has 0 saturated heterocycles. The number of halogens is 1. The van der Waals surface area contributed by atoms with Crippen LogP contribution in [-0.2, 0) is 6.42 Å². The molecule has 2 rings (SSSR count). The Morgan fingerprint density at radius 2 is 2.21 bits per heavy atom. The van der Waals surface area contributed by atoms with Gasteiger partial charge in [-0.15, -0.1) is 0 Å². The number of H-pyrrole nitrogens is 1. The van der Waals surface area contributed by atoms with Gasteiger partial charge in [0.15, 0.2) is 0 Å². The van der Waals surface area contributed by atoms with E-state index in [4.69, 9.17) is 9.84 Å². The van der Waals surface area contributed by atoms with Crippen LogP contribution in [0.4, 0.5) is 0 Å². The second kappa shape index (κ2) is 5.44. The Labute approximate surface area is 118 Å². The first kappa shape index (κ1) is 13.6. The molecule has 0 unspecified atom stereocenters. The second-order valence-electron chi connectivity index (χ2n) is 3.97. The monoisotopic (exact) mass is 324 g/mol. The quantitative estimate of drug-likeness (QED) is 0.906. The van der Waals surface area contributed by atoms with E-state index in [1.807, 2.05) is 19.1 Å². The standard InChI is InChI=1S/C13H13BrN2O3/c1-3-7-4-8(14)5-9(12(7)19-2)10-6-11(13(17)18)16-15-10/h4-6H,3H2,1-2H3,(H,15,16)(H,17,18). The molecular weight excluding hydrogens is 312 g/mol.